The summed E-state index contributed by atoms with van der Waals surface area (Å²) in [5.74, 6) is 2.57. The van der Waals surface area contributed by atoms with Crippen LogP contribution in [0.1, 0.15) is 63.6 Å². The average molecular weight is 267 g/mol. The summed E-state index contributed by atoms with van der Waals surface area (Å²) in [5.41, 5.74) is 4.53. The Morgan fingerprint density at radius 1 is 1.37 bits per heavy atom. The van der Waals surface area contributed by atoms with Crippen molar-refractivity contribution in [3.63, 3.8) is 0 Å². The Morgan fingerprint density at radius 2 is 2.05 bits per heavy atom. The summed E-state index contributed by atoms with van der Waals surface area (Å²) in [6, 6.07) is 0. The molecule has 5 nitrogen and oxygen atoms in total. The average Bonchev–Trinajstić information content (AvgIpc) is 2.86. The number of nitrogens with zero attached hydrogens (tertiary/aromatic N) is 2. The van der Waals surface area contributed by atoms with E-state index in [1.807, 2.05) is 0 Å². The summed E-state index contributed by atoms with van der Waals surface area (Å²) in [6.45, 7) is 4.13. The smallest absolute Gasteiger partial charge is 0.229 e. The zero-order valence-corrected chi connectivity index (χ0v) is 11.9. The van der Waals surface area contributed by atoms with Crippen molar-refractivity contribution in [2.45, 2.75) is 63.9 Å². The van der Waals surface area contributed by atoms with Crippen LogP contribution in [0.5, 0.6) is 0 Å². The summed E-state index contributed by atoms with van der Waals surface area (Å²) < 4.78 is 5.23. The minimum atomic E-state index is -0.969. The second-order valence-corrected chi connectivity index (χ2v) is 6.05. The molecule has 1 aliphatic carbocycles. The molecule has 108 valence electrons. The Hall–Kier alpha value is -0.940. The molecule has 19 heavy (non-hydrogen) atoms. The zero-order chi connectivity index (χ0) is 13.9. The predicted molar refractivity (Wildman–Crippen MR) is 72.7 cm³/mol. The van der Waals surface area contributed by atoms with Gasteiger partial charge in [0.15, 0.2) is 5.82 Å². The summed E-state index contributed by atoms with van der Waals surface area (Å²) in [6.07, 6.45) is 6.39. The molecule has 1 aromatic rings. The third-order valence-corrected chi connectivity index (χ3v) is 4.24. The molecule has 0 aromatic carbocycles. The Bertz CT molecular complexity index is 395. The molecule has 1 fully saturated rings. The summed E-state index contributed by atoms with van der Waals surface area (Å²) in [5, 5.41) is 14.0. The van der Waals surface area contributed by atoms with Gasteiger partial charge in [0.05, 0.1) is 12.0 Å². The van der Waals surface area contributed by atoms with Crippen LogP contribution in [0.2, 0.25) is 0 Å². The quantitative estimate of drug-likeness (QED) is 0.852. The number of hydrogen-bond acceptors (Lipinski definition) is 5. The lowest BCUT2D eigenvalue weighted by molar-refractivity contribution is 0.0610. The molecule has 0 bridgehead atoms. The van der Waals surface area contributed by atoms with E-state index in [9.17, 15) is 5.11 Å². The molecule has 1 heterocycles. The van der Waals surface area contributed by atoms with Gasteiger partial charge in [0.1, 0.15) is 0 Å². The van der Waals surface area contributed by atoms with Crippen LogP contribution in [0.25, 0.3) is 0 Å². The van der Waals surface area contributed by atoms with E-state index in [1.54, 1.807) is 6.92 Å². The van der Waals surface area contributed by atoms with E-state index in [4.69, 9.17) is 10.3 Å². The molecule has 1 saturated carbocycles. The monoisotopic (exact) mass is 267 g/mol. The largest absolute Gasteiger partial charge is 0.388 e. The Kier molecular flexibility index (Phi) is 4.58. The van der Waals surface area contributed by atoms with Crippen molar-refractivity contribution in [1.29, 1.82) is 0 Å². The molecule has 0 spiro atoms. The van der Waals surface area contributed by atoms with Gasteiger partial charge in [-0.3, -0.25) is 0 Å². The maximum Gasteiger partial charge on any atom is 0.229 e. The predicted octanol–water partition coefficient (Wildman–Crippen LogP) is 2.01. The molecule has 0 radical (unpaired) electrons. The van der Waals surface area contributed by atoms with Crippen LogP contribution in [0, 0.1) is 5.92 Å². The van der Waals surface area contributed by atoms with Crippen LogP contribution in [0.4, 0.5) is 0 Å². The fourth-order valence-corrected chi connectivity index (χ4v) is 2.73. The van der Waals surface area contributed by atoms with Crippen LogP contribution in [-0.2, 0) is 6.42 Å². The fraction of sp³-hybridized carbons (Fsp3) is 0.857. The molecular formula is C14H25N3O2. The molecule has 3 N–H and O–H groups in total. The van der Waals surface area contributed by atoms with Crippen LogP contribution in [0.3, 0.4) is 0 Å². The van der Waals surface area contributed by atoms with Gasteiger partial charge in [-0.25, -0.2) is 0 Å². The third kappa shape index (κ3) is 3.76. The van der Waals surface area contributed by atoms with E-state index >= 15 is 0 Å². The van der Waals surface area contributed by atoms with Gasteiger partial charge < -0.3 is 15.4 Å². The standard InChI is InChI=1S/C14H25N3O2/c1-3-10-4-6-11(7-5-10)13-16-12(19-17-13)8-14(2,18)9-15/h10-11,18H,3-9,15H2,1-2H3. The minimum absolute atomic E-state index is 0.187. The van der Waals surface area contributed by atoms with Crippen molar-refractivity contribution in [2.75, 3.05) is 6.54 Å². The van der Waals surface area contributed by atoms with E-state index in [0.29, 0.717) is 18.2 Å². The van der Waals surface area contributed by atoms with Crippen molar-refractivity contribution in [3.8, 4) is 0 Å². The number of nitrogens with two attached hydrogens (primary N) is 1. The van der Waals surface area contributed by atoms with Crippen molar-refractivity contribution in [2.24, 2.45) is 11.7 Å². The first-order valence-electron chi connectivity index (χ1n) is 7.29. The lowest BCUT2D eigenvalue weighted by Gasteiger charge is -2.25. The highest BCUT2D eigenvalue weighted by Crippen LogP contribution is 2.35. The first kappa shape index (κ1) is 14.5. The highest BCUT2D eigenvalue weighted by molar-refractivity contribution is 4.99. The second kappa shape index (κ2) is 6.01. The Balaban J connectivity index is 1.94. The minimum Gasteiger partial charge on any atom is -0.388 e. The maximum atomic E-state index is 9.91. The zero-order valence-electron chi connectivity index (χ0n) is 11.9. The number of aliphatic hydroxyl groups is 1. The van der Waals surface area contributed by atoms with Crippen molar-refractivity contribution in [1.82, 2.24) is 10.1 Å². The van der Waals surface area contributed by atoms with Crippen LogP contribution in [0.15, 0.2) is 4.52 Å². The molecule has 0 saturated heterocycles. The van der Waals surface area contributed by atoms with Crippen molar-refractivity contribution in [3.05, 3.63) is 11.7 Å². The first-order chi connectivity index (χ1) is 9.04. The summed E-state index contributed by atoms with van der Waals surface area (Å²) in [4.78, 5) is 4.42. The molecule has 0 aliphatic heterocycles. The van der Waals surface area contributed by atoms with Gasteiger partial charge in [0.2, 0.25) is 5.89 Å². The van der Waals surface area contributed by atoms with Crippen molar-refractivity contribution >= 4 is 0 Å². The topological polar surface area (TPSA) is 85.2 Å². The maximum absolute atomic E-state index is 9.91. The molecule has 0 amide bonds. The normalized spacial score (nSPS) is 27.2. The van der Waals surface area contributed by atoms with Crippen molar-refractivity contribution < 1.29 is 9.63 Å². The Labute approximate surface area is 114 Å². The molecule has 1 unspecified atom stereocenters. The highest BCUT2D eigenvalue weighted by Gasteiger charge is 2.27. The first-order valence-corrected chi connectivity index (χ1v) is 7.29. The van der Waals surface area contributed by atoms with E-state index < -0.39 is 5.60 Å². The summed E-state index contributed by atoms with van der Waals surface area (Å²) >= 11 is 0. The number of aromatic nitrogens is 2. The van der Waals surface area contributed by atoms with Gasteiger partial charge in [-0.1, -0.05) is 18.5 Å². The number of hydrogen-bond donors (Lipinski definition) is 2. The number of rotatable bonds is 5. The highest BCUT2D eigenvalue weighted by atomic mass is 16.5. The van der Waals surface area contributed by atoms with Crippen LogP contribution < -0.4 is 5.73 Å². The van der Waals surface area contributed by atoms with Gasteiger partial charge in [0, 0.05) is 12.5 Å². The van der Waals surface area contributed by atoms with Crippen LogP contribution >= 0.6 is 0 Å². The third-order valence-electron chi connectivity index (χ3n) is 4.24. The van der Waals surface area contributed by atoms with Gasteiger partial charge >= 0.3 is 0 Å². The molecule has 5 heteroatoms. The summed E-state index contributed by atoms with van der Waals surface area (Å²) in [7, 11) is 0. The molecule has 2 rings (SSSR count). The SMILES string of the molecule is CCC1CCC(c2noc(CC(C)(O)CN)n2)CC1. The van der Waals surface area contributed by atoms with E-state index in [0.717, 1.165) is 24.6 Å². The molecular weight excluding hydrogens is 242 g/mol. The van der Waals surface area contributed by atoms with Crippen LogP contribution in [-0.4, -0.2) is 27.4 Å². The fourth-order valence-electron chi connectivity index (χ4n) is 2.73. The van der Waals surface area contributed by atoms with E-state index in [1.165, 1.54) is 19.3 Å². The molecule has 1 atom stereocenters. The molecule has 1 aromatic heterocycles. The lowest BCUT2D eigenvalue weighted by Crippen LogP contribution is -2.36. The van der Waals surface area contributed by atoms with Gasteiger partial charge in [-0.15, -0.1) is 0 Å². The lowest BCUT2D eigenvalue weighted by atomic mass is 9.80. The molecule has 1 aliphatic rings. The van der Waals surface area contributed by atoms with Gasteiger partial charge in [-0.05, 0) is 38.5 Å². The second-order valence-electron chi connectivity index (χ2n) is 6.05. The van der Waals surface area contributed by atoms with Gasteiger partial charge in [0.25, 0.3) is 0 Å². The van der Waals surface area contributed by atoms with E-state index in [2.05, 4.69) is 17.1 Å². The Morgan fingerprint density at radius 3 is 2.63 bits per heavy atom. The van der Waals surface area contributed by atoms with E-state index in [-0.39, 0.29) is 6.54 Å². The van der Waals surface area contributed by atoms with Gasteiger partial charge in [-0.2, -0.15) is 4.98 Å².